The topological polar surface area (TPSA) is 66.8 Å². The van der Waals surface area contributed by atoms with Crippen LogP contribution < -0.4 is 4.74 Å². The largest absolute Gasteiger partial charge is 0.506 e. The molecule has 0 atom stereocenters. The number of fused-ring (bicyclic) bond motifs is 1. The fourth-order valence-corrected chi connectivity index (χ4v) is 2.52. The van der Waals surface area contributed by atoms with E-state index in [1.165, 1.54) is 12.1 Å². The summed E-state index contributed by atoms with van der Waals surface area (Å²) in [6, 6.07) is 10.6. The third kappa shape index (κ3) is 3.04. The lowest BCUT2D eigenvalue weighted by Gasteiger charge is -2.29. The van der Waals surface area contributed by atoms with Crippen LogP contribution in [0.4, 0.5) is 0 Å². The van der Waals surface area contributed by atoms with Crippen LogP contribution in [0.2, 0.25) is 0 Å². The third-order valence-corrected chi connectivity index (χ3v) is 3.78. The zero-order valence-corrected chi connectivity index (χ0v) is 13.5. The molecule has 2 aromatic rings. The zero-order valence-electron chi connectivity index (χ0n) is 13.5. The predicted octanol–water partition coefficient (Wildman–Crippen LogP) is 4.18. The molecular formula is C20H18O4. The molecule has 2 N–H and O–H groups in total. The summed E-state index contributed by atoms with van der Waals surface area (Å²) in [7, 11) is 0. The average molecular weight is 322 g/mol. The van der Waals surface area contributed by atoms with E-state index in [4.69, 9.17) is 4.74 Å². The van der Waals surface area contributed by atoms with Crippen LogP contribution in [-0.2, 0) is 0 Å². The lowest BCUT2D eigenvalue weighted by molar-refractivity contribution is 0.104. The second-order valence-electron chi connectivity index (χ2n) is 6.18. The summed E-state index contributed by atoms with van der Waals surface area (Å²) in [6.45, 7) is 3.68. The third-order valence-electron chi connectivity index (χ3n) is 3.78. The van der Waals surface area contributed by atoms with Crippen LogP contribution in [0, 0.1) is 0 Å². The van der Waals surface area contributed by atoms with E-state index in [0.717, 1.165) is 5.56 Å². The maximum atomic E-state index is 12.4. The van der Waals surface area contributed by atoms with Crippen molar-refractivity contribution in [2.24, 2.45) is 0 Å². The number of benzene rings is 2. The Kier molecular flexibility index (Phi) is 3.89. The summed E-state index contributed by atoms with van der Waals surface area (Å²) in [6.07, 6.45) is 6.45. The van der Waals surface area contributed by atoms with Crippen molar-refractivity contribution in [3.63, 3.8) is 0 Å². The molecule has 0 saturated carbocycles. The molecule has 3 rings (SSSR count). The molecule has 0 fully saturated rings. The number of phenols is 2. The molecule has 0 aliphatic carbocycles. The van der Waals surface area contributed by atoms with E-state index in [1.54, 1.807) is 18.2 Å². The summed E-state index contributed by atoms with van der Waals surface area (Å²) in [4.78, 5) is 12.4. The first-order valence-corrected chi connectivity index (χ1v) is 7.62. The minimum atomic E-state index is -0.588. The van der Waals surface area contributed by atoms with Crippen molar-refractivity contribution in [1.82, 2.24) is 0 Å². The number of allylic oxidation sites excluding steroid dienone is 1. The molecule has 4 nitrogen and oxygen atoms in total. The Bertz CT molecular complexity index is 846. The van der Waals surface area contributed by atoms with Gasteiger partial charge in [0.1, 0.15) is 11.4 Å². The Morgan fingerprint density at radius 1 is 1.17 bits per heavy atom. The summed E-state index contributed by atoms with van der Waals surface area (Å²) in [5.74, 6) is -0.578. The first kappa shape index (κ1) is 15.9. The van der Waals surface area contributed by atoms with Gasteiger partial charge in [-0.25, -0.2) is 0 Å². The van der Waals surface area contributed by atoms with Crippen molar-refractivity contribution in [3.8, 4) is 17.2 Å². The van der Waals surface area contributed by atoms with E-state index >= 15 is 0 Å². The molecule has 1 aliphatic rings. The van der Waals surface area contributed by atoms with Crippen LogP contribution in [0.25, 0.3) is 12.2 Å². The van der Waals surface area contributed by atoms with Crippen molar-refractivity contribution in [2.75, 3.05) is 0 Å². The van der Waals surface area contributed by atoms with Crippen molar-refractivity contribution in [3.05, 3.63) is 65.2 Å². The van der Waals surface area contributed by atoms with E-state index in [1.807, 2.05) is 44.2 Å². The minimum Gasteiger partial charge on any atom is -0.506 e. The highest BCUT2D eigenvalue weighted by Gasteiger charge is 2.28. The molecule has 122 valence electrons. The lowest BCUT2D eigenvalue weighted by Crippen LogP contribution is -2.27. The van der Waals surface area contributed by atoms with Crippen LogP contribution in [0.5, 0.6) is 17.2 Å². The van der Waals surface area contributed by atoms with Gasteiger partial charge in [-0.2, -0.15) is 0 Å². The highest BCUT2D eigenvalue weighted by Crippen LogP contribution is 2.44. The van der Waals surface area contributed by atoms with Gasteiger partial charge in [-0.3, -0.25) is 4.79 Å². The molecule has 4 heteroatoms. The van der Waals surface area contributed by atoms with Gasteiger partial charge in [-0.1, -0.05) is 36.4 Å². The highest BCUT2D eigenvalue weighted by atomic mass is 16.5. The number of ether oxygens (including phenoxy) is 1. The van der Waals surface area contributed by atoms with Crippen LogP contribution in [-0.4, -0.2) is 21.6 Å². The number of ketones is 1. The van der Waals surface area contributed by atoms with Gasteiger partial charge in [0.15, 0.2) is 17.3 Å². The molecule has 2 aromatic carbocycles. The Balaban J connectivity index is 1.97. The summed E-state index contributed by atoms with van der Waals surface area (Å²) in [5.41, 5.74) is 0.630. The van der Waals surface area contributed by atoms with E-state index in [0.29, 0.717) is 5.56 Å². The van der Waals surface area contributed by atoms with Crippen molar-refractivity contribution in [2.45, 2.75) is 19.4 Å². The number of hydrogen-bond donors (Lipinski definition) is 2. The second-order valence-corrected chi connectivity index (χ2v) is 6.18. The van der Waals surface area contributed by atoms with E-state index < -0.39 is 11.4 Å². The summed E-state index contributed by atoms with van der Waals surface area (Å²) in [5, 5.41) is 20.6. The van der Waals surface area contributed by atoms with Crippen LogP contribution in [0.1, 0.15) is 35.3 Å². The number of hydrogen-bond acceptors (Lipinski definition) is 4. The van der Waals surface area contributed by atoms with E-state index in [2.05, 4.69) is 0 Å². The normalized spacial score (nSPS) is 15.1. The van der Waals surface area contributed by atoms with Gasteiger partial charge < -0.3 is 14.9 Å². The van der Waals surface area contributed by atoms with Gasteiger partial charge in [0.25, 0.3) is 0 Å². The molecule has 1 heterocycles. The first-order chi connectivity index (χ1) is 11.4. The van der Waals surface area contributed by atoms with Crippen molar-refractivity contribution in [1.29, 1.82) is 0 Å². The van der Waals surface area contributed by atoms with Gasteiger partial charge >= 0.3 is 0 Å². The molecule has 0 bridgehead atoms. The van der Waals surface area contributed by atoms with E-state index in [9.17, 15) is 15.0 Å². The van der Waals surface area contributed by atoms with Gasteiger partial charge in [-0.05, 0) is 43.7 Å². The zero-order chi connectivity index (χ0) is 17.3. The van der Waals surface area contributed by atoms with Gasteiger partial charge in [0.05, 0.1) is 11.1 Å². The first-order valence-electron chi connectivity index (χ1n) is 7.62. The van der Waals surface area contributed by atoms with Gasteiger partial charge in [0.2, 0.25) is 0 Å². The van der Waals surface area contributed by atoms with Crippen molar-refractivity contribution < 1.29 is 19.7 Å². The quantitative estimate of drug-likeness (QED) is 0.505. The Morgan fingerprint density at radius 2 is 1.88 bits per heavy atom. The molecule has 0 aromatic heterocycles. The fourth-order valence-electron chi connectivity index (χ4n) is 2.52. The molecule has 0 spiro atoms. The maximum absolute atomic E-state index is 12.4. The smallest absolute Gasteiger partial charge is 0.189 e. The Hall–Kier alpha value is -3.01. The summed E-state index contributed by atoms with van der Waals surface area (Å²) >= 11 is 0. The maximum Gasteiger partial charge on any atom is 0.189 e. The predicted molar refractivity (Wildman–Crippen MR) is 93.3 cm³/mol. The van der Waals surface area contributed by atoms with Crippen LogP contribution in [0.3, 0.4) is 0 Å². The number of phenolic OH excluding ortho intramolecular Hbond substituents is 2. The number of carbonyl (C=O) groups is 1. The number of aromatic hydroxyl groups is 2. The summed E-state index contributed by atoms with van der Waals surface area (Å²) < 4.78 is 5.67. The van der Waals surface area contributed by atoms with Gasteiger partial charge in [0, 0.05) is 0 Å². The molecule has 24 heavy (non-hydrogen) atoms. The van der Waals surface area contributed by atoms with Gasteiger partial charge in [-0.15, -0.1) is 0 Å². The number of carbonyl (C=O) groups excluding carboxylic acids is 1. The lowest BCUT2D eigenvalue weighted by atomic mass is 9.97. The standard InChI is InChI=1S/C20H18O4/c1-20(2)11-10-14-18(23)15(12-17(22)19(14)24-20)16(21)9-8-13-6-4-3-5-7-13/h3-12,22-23H,1-2H3/b9-8+. The Labute approximate surface area is 140 Å². The molecule has 0 amide bonds. The highest BCUT2D eigenvalue weighted by molar-refractivity contribution is 6.10. The molecular weight excluding hydrogens is 304 g/mol. The molecule has 0 radical (unpaired) electrons. The van der Waals surface area contributed by atoms with E-state index in [-0.39, 0.29) is 22.8 Å². The SMILES string of the molecule is CC1(C)C=Cc2c(O)c(C(=O)/C=C/c3ccccc3)cc(O)c2O1. The van der Waals surface area contributed by atoms with Crippen LogP contribution in [0.15, 0.2) is 48.6 Å². The average Bonchev–Trinajstić information content (AvgIpc) is 2.56. The Morgan fingerprint density at radius 3 is 2.58 bits per heavy atom. The second kappa shape index (κ2) is 5.89. The molecule has 0 unspecified atom stereocenters. The monoisotopic (exact) mass is 322 g/mol. The molecule has 1 aliphatic heterocycles. The van der Waals surface area contributed by atoms with Crippen molar-refractivity contribution >= 4 is 17.9 Å². The molecule has 0 saturated heterocycles. The van der Waals surface area contributed by atoms with Crippen LogP contribution >= 0.6 is 0 Å². The fraction of sp³-hybridized carbons (Fsp3) is 0.150. The minimum absolute atomic E-state index is 0.0337. The number of rotatable bonds is 3.